The summed E-state index contributed by atoms with van der Waals surface area (Å²) in [6, 6.07) is 18.3. The van der Waals surface area contributed by atoms with E-state index in [4.69, 9.17) is 9.47 Å². The van der Waals surface area contributed by atoms with Gasteiger partial charge in [-0.25, -0.2) is 9.18 Å². The lowest BCUT2D eigenvalue weighted by Crippen LogP contribution is -2.49. The highest BCUT2D eigenvalue weighted by Gasteiger charge is 2.27. The predicted molar refractivity (Wildman–Crippen MR) is 126 cm³/mol. The van der Waals surface area contributed by atoms with Crippen LogP contribution in [0.15, 0.2) is 66.7 Å². The molecule has 0 atom stereocenters. The average Bonchev–Trinajstić information content (AvgIpc) is 2.86. The van der Waals surface area contributed by atoms with E-state index in [0.717, 1.165) is 12.0 Å². The first kappa shape index (κ1) is 21.8. The first-order valence-corrected chi connectivity index (χ1v) is 11.2. The number of halogens is 1. The summed E-state index contributed by atoms with van der Waals surface area (Å²) < 4.78 is 24.3. The highest BCUT2D eigenvalue weighted by molar-refractivity contribution is 6.05. The zero-order valence-electron chi connectivity index (χ0n) is 18.5. The number of anilines is 2. The zero-order valence-corrected chi connectivity index (χ0v) is 18.5. The topological polar surface area (TPSA) is 71.1 Å². The Morgan fingerprint density at radius 2 is 1.74 bits per heavy atom. The van der Waals surface area contributed by atoms with Gasteiger partial charge >= 0.3 is 6.03 Å². The first-order chi connectivity index (χ1) is 16.6. The zero-order chi connectivity index (χ0) is 23.5. The Balaban J connectivity index is 1.29. The third kappa shape index (κ3) is 4.66. The van der Waals surface area contributed by atoms with E-state index in [-0.39, 0.29) is 17.8 Å². The third-order valence-corrected chi connectivity index (χ3v) is 5.82. The number of fused-ring (bicyclic) bond motifs is 1. The van der Waals surface area contributed by atoms with Crippen molar-refractivity contribution >= 4 is 23.3 Å². The highest BCUT2D eigenvalue weighted by atomic mass is 19.1. The van der Waals surface area contributed by atoms with E-state index < -0.39 is 0 Å². The van der Waals surface area contributed by atoms with E-state index in [1.807, 2.05) is 6.07 Å². The second kappa shape index (κ2) is 9.43. The van der Waals surface area contributed by atoms with Gasteiger partial charge in [0.2, 0.25) is 0 Å². The molecule has 2 heterocycles. The molecule has 3 aromatic rings. The number of benzene rings is 3. The molecule has 1 fully saturated rings. The summed E-state index contributed by atoms with van der Waals surface area (Å²) in [6.45, 7) is 2.55. The fourth-order valence-corrected chi connectivity index (χ4v) is 4.12. The summed E-state index contributed by atoms with van der Waals surface area (Å²) in [5.74, 6) is 0.658. The van der Waals surface area contributed by atoms with E-state index in [2.05, 4.69) is 5.32 Å². The maximum absolute atomic E-state index is 13.2. The number of rotatable bonds is 5. The molecule has 3 aromatic carbocycles. The minimum absolute atomic E-state index is 0.139. The molecule has 0 aromatic heterocycles. The van der Waals surface area contributed by atoms with Crippen molar-refractivity contribution in [3.8, 4) is 11.5 Å². The van der Waals surface area contributed by atoms with Crippen LogP contribution in [0, 0.1) is 5.82 Å². The van der Waals surface area contributed by atoms with Gasteiger partial charge in [0.1, 0.15) is 19.0 Å². The molecule has 0 unspecified atom stereocenters. The Kier molecular flexibility index (Phi) is 6.03. The average molecular weight is 461 g/mol. The lowest BCUT2D eigenvalue weighted by atomic mass is 10.1. The van der Waals surface area contributed by atoms with Crippen molar-refractivity contribution < 1.29 is 23.5 Å². The molecule has 1 N–H and O–H groups in total. The number of hydrogen-bond donors (Lipinski definition) is 1. The van der Waals surface area contributed by atoms with Crippen molar-refractivity contribution in [2.45, 2.75) is 13.0 Å². The summed E-state index contributed by atoms with van der Waals surface area (Å²) in [5.41, 5.74) is 2.56. The van der Waals surface area contributed by atoms with E-state index in [1.165, 1.54) is 12.1 Å². The maximum atomic E-state index is 13.2. The first-order valence-electron chi connectivity index (χ1n) is 11.2. The van der Waals surface area contributed by atoms with Crippen LogP contribution in [0.5, 0.6) is 11.5 Å². The number of nitrogens with one attached hydrogen (secondary N) is 1. The van der Waals surface area contributed by atoms with Gasteiger partial charge in [-0.2, -0.15) is 0 Å². The Labute approximate surface area is 196 Å². The summed E-state index contributed by atoms with van der Waals surface area (Å²) in [5, 5.41) is 2.88. The van der Waals surface area contributed by atoms with Crippen LogP contribution in [0.2, 0.25) is 0 Å². The summed E-state index contributed by atoms with van der Waals surface area (Å²) in [4.78, 5) is 29.5. The lowest BCUT2D eigenvalue weighted by molar-refractivity contribution is 0.102. The molecule has 174 valence electrons. The quantitative estimate of drug-likeness (QED) is 0.599. The number of carbonyl (C=O) groups is 2. The van der Waals surface area contributed by atoms with Gasteiger partial charge in [0.15, 0.2) is 11.5 Å². The van der Waals surface area contributed by atoms with Crippen LogP contribution >= 0.6 is 0 Å². The Bertz CT molecular complexity index is 1210. The van der Waals surface area contributed by atoms with Crippen molar-refractivity contribution in [1.29, 1.82) is 0 Å². The van der Waals surface area contributed by atoms with Gasteiger partial charge in [-0.15, -0.1) is 0 Å². The Hall–Kier alpha value is -4.07. The molecule has 0 bridgehead atoms. The molecule has 1 saturated heterocycles. The number of urea groups is 1. The van der Waals surface area contributed by atoms with E-state index in [1.54, 1.807) is 58.3 Å². The van der Waals surface area contributed by atoms with Gasteiger partial charge in [-0.1, -0.05) is 18.2 Å². The number of hydrogen-bond acceptors (Lipinski definition) is 4. The molecule has 0 saturated carbocycles. The van der Waals surface area contributed by atoms with Gasteiger partial charge in [0.05, 0.1) is 0 Å². The highest BCUT2D eigenvalue weighted by Crippen LogP contribution is 2.33. The Morgan fingerprint density at radius 1 is 0.941 bits per heavy atom. The van der Waals surface area contributed by atoms with E-state index in [9.17, 15) is 14.0 Å². The fraction of sp³-hybridized carbons (Fsp3) is 0.231. The van der Waals surface area contributed by atoms with Gasteiger partial charge in [0.25, 0.3) is 5.91 Å². The fourth-order valence-electron chi connectivity index (χ4n) is 4.12. The monoisotopic (exact) mass is 461 g/mol. The van der Waals surface area contributed by atoms with Crippen LogP contribution in [-0.2, 0) is 6.54 Å². The molecule has 34 heavy (non-hydrogen) atoms. The minimum Gasteiger partial charge on any atom is -0.486 e. The van der Waals surface area contributed by atoms with E-state index >= 15 is 0 Å². The second-order valence-corrected chi connectivity index (χ2v) is 8.20. The van der Waals surface area contributed by atoms with Crippen LogP contribution in [0.3, 0.4) is 0 Å². The predicted octanol–water partition coefficient (Wildman–Crippen LogP) is 4.68. The molecule has 8 heteroatoms. The molecule has 2 aliphatic rings. The molecule has 0 radical (unpaired) electrons. The molecule has 2 aliphatic heterocycles. The molecular weight excluding hydrogens is 437 g/mol. The van der Waals surface area contributed by atoms with Crippen LogP contribution < -0.4 is 19.7 Å². The molecule has 7 nitrogen and oxygen atoms in total. The van der Waals surface area contributed by atoms with Crippen molar-refractivity contribution in [2.24, 2.45) is 0 Å². The van der Waals surface area contributed by atoms with Crippen molar-refractivity contribution in [3.63, 3.8) is 0 Å². The largest absolute Gasteiger partial charge is 0.486 e. The second-order valence-electron chi connectivity index (χ2n) is 8.20. The van der Waals surface area contributed by atoms with Crippen LogP contribution in [0.25, 0.3) is 0 Å². The molecule has 5 rings (SSSR count). The van der Waals surface area contributed by atoms with E-state index in [0.29, 0.717) is 61.3 Å². The number of carbonyl (C=O) groups excluding carboxylic acids is 2. The van der Waals surface area contributed by atoms with Crippen molar-refractivity contribution in [2.75, 3.05) is 36.5 Å². The number of amides is 3. The minimum atomic E-state index is -0.304. The molecule has 0 spiro atoms. The van der Waals surface area contributed by atoms with Gasteiger partial charge in [0, 0.05) is 42.6 Å². The maximum Gasteiger partial charge on any atom is 0.324 e. The van der Waals surface area contributed by atoms with Crippen molar-refractivity contribution in [1.82, 2.24) is 4.90 Å². The van der Waals surface area contributed by atoms with Crippen LogP contribution in [0.4, 0.5) is 20.6 Å². The van der Waals surface area contributed by atoms with Gasteiger partial charge in [-0.3, -0.25) is 9.69 Å². The summed E-state index contributed by atoms with van der Waals surface area (Å²) >= 11 is 0. The van der Waals surface area contributed by atoms with Crippen molar-refractivity contribution in [3.05, 3.63) is 83.7 Å². The van der Waals surface area contributed by atoms with Crippen LogP contribution in [-0.4, -0.2) is 43.1 Å². The van der Waals surface area contributed by atoms with Gasteiger partial charge < -0.3 is 19.7 Å². The summed E-state index contributed by atoms with van der Waals surface area (Å²) in [6.07, 6.45) is 0.792. The standard InChI is InChI=1S/C26H24FN3O4/c27-20-7-5-18(6-8-20)17-29-11-2-12-30(26(29)32)22-4-1-3-19(15-22)25(31)28-21-9-10-23-24(16-21)34-14-13-33-23/h1,3-10,15-16H,2,11-14,17H2,(H,28,31). The molecule has 3 amide bonds. The summed E-state index contributed by atoms with van der Waals surface area (Å²) in [7, 11) is 0. The van der Waals surface area contributed by atoms with Gasteiger partial charge in [-0.05, 0) is 54.4 Å². The SMILES string of the molecule is O=C(Nc1ccc2c(c1)OCCO2)c1cccc(N2CCCN(Cc3ccc(F)cc3)C2=O)c1. The lowest BCUT2D eigenvalue weighted by Gasteiger charge is -2.35. The number of ether oxygens (including phenoxy) is 2. The van der Waals surface area contributed by atoms with Crippen LogP contribution in [0.1, 0.15) is 22.3 Å². The smallest absolute Gasteiger partial charge is 0.324 e. The number of nitrogens with zero attached hydrogens (tertiary/aromatic N) is 2. The Morgan fingerprint density at radius 3 is 2.56 bits per heavy atom. The normalized spacial score (nSPS) is 15.3. The molecule has 0 aliphatic carbocycles. The third-order valence-electron chi connectivity index (χ3n) is 5.82. The molecular formula is C26H24FN3O4.